The van der Waals surface area contributed by atoms with E-state index in [0.717, 1.165) is 11.3 Å². The van der Waals surface area contributed by atoms with Crippen LogP contribution in [0.2, 0.25) is 0 Å². The van der Waals surface area contributed by atoms with Crippen LogP contribution >= 0.6 is 0 Å². The fourth-order valence-corrected chi connectivity index (χ4v) is 3.20. The predicted octanol–water partition coefficient (Wildman–Crippen LogP) is 0.502. The molecule has 8 nitrogen and oxygen atoms in total. The molecule has 0 spiro atoms. The predicted molar refractivity (Wildman–Crippen MR) is 96.3 cm³/mol. The SMILES string of the molecule is Cc1cc(C(=O)NC(C)C(=O)N2CCOCC2)ccc1N1CCNC1=O. The van der Waals surface area contributed by atoms with Gasteiger partial charge < -0.3 is 20.3 Å². The van der Waals surface area contributed by atoms with E-state index in [0.29, 0.717) is 45.0 Å². The molecule has 3 rings (SSSR count). The molecular weight excluding hydrogens is 336 g/mol. The second kappa shape index (κ2) is 7.74. The molecule has 0 radical (unpaired) electrons. The Balaban J connectivity index is 1.65. The monoisotopic (exact) mass is 360 g/mol. The number of nitrogens with zero attached hydrogens (tertiary/aromatic N) is 2. The maximum Gasteiger partial charge on any atom is 0.322 e. The average molecular weight is 360 g/mol. The van der Waals surface area contributed by atoms with Crippen LogP contribution in [-0.2, 0) is 9.53 Å². The summed E-state index contributed by atoms with van der Waals surface area (Å²) in [5, 5.41) is 5.51. The van der Waals surface area contributed by atoms with Gasteiger partial charge in [0.2, 0.25) is 5.91 Å². The van der Waals surface area contributed by atoms with Crippen molar-refractivity contribution in [3.8, 4) is 0 Å². The van der Waals surface area contributed by atoms with Crippen molar-refractivity contribution in [3.63, 3.8) is 0 Å². The minimum Gasteiger partial charge on any atom is -0.378 e. The molecule has 0 aliphatic carbocycles. The lowest BCUT2D eigenvalue weighted by Gasteiger charge is -2.29. The van der Waals surface area contributed by atoms with Gasteiger partial charge in [0.1, 0.15) is 6.04 Å². The average Bonchev–Trinajstić information content (AvgIpc) is 3.07. The molecule has 2 fully saturated rings. The molecule has 26 heavy (non-hydrogen) atoms. The quantitative estimate of drug-likeness (QED) is 0.818. The normalized spacial score (nSPS) is 18.5. The zero-order valence-corrected chi connectivity index (χ0v) is 15.1. The van der Waals surface area contributed by atoms with Crippen LogP contribution in [0.15, 0.2) is 18.2 Å². The number of ether oxygens (including phenoxy) is 1. The van der Waals surface area contributed by atoms with Gasteiger partial charge in [0.05, 0.1) is 13.2 Å². The second-order valence-corrected chi connectivity index (χ2v) is 6.52. The van der Waals surface area contributed by atoms with E-state index in [1.807, 2.05) is 6.92 Å². The minimum atomic E-state index is -0.607. The largest absolute Gasteiger partial charge is 0.378 e. The molecule has 140 valence electrons. The molecule has 2 aliphatic heterocycles. The van der Waals surface area contributed by atoms with Crippen LogP contribution < -0.4 is 15.5 Å². The van der Waals surface area contributed by atoms with Crippen LogP contribution in [-0.4, -0.2) is 68.2 Å². The van der Waals surface area contributed by atoms with Gasteiger partial charge in [0, 0.05) is 37.4 Å². The van der Waals surface area contributed by atoms with E-state index in [9.17, 15) is 14.4 Å². The minimum absolute atomic E-state index is 0.108. The number of carbonyl (C=O) groups is 3. The topological polar surface area (TPSA) is 91.0 Å². The van der Waals surface area contributed by atoms with Gasteiger partial charge in [0.15, 0.2) is 0 Å². The highest BCUT2D eigenvalue weighted by molar-refractivity contribution is 5.99. The summed E-state index contributed by atoms with van der Waals surface area (Å²) >= 11 is 0. The van der Waals surface area contributed by atoms with E-state index < -0.39 is 6.04 Å². The third-order valence-electron chi connectivity index (χ3n) is 4.65. The van der Waals surface area contributed by atoms with Crippen molar-refractivity contribution in [1.29, 1.82) is 0 Å². The van der Waals surface area contributed by atoms with Gasteiger partial charge in [-0.15, -0.1) is 0 Å². The first-order chi connectivity index (χ1) is 12.5. The number of amides is 4. The van der Waals surface area contributed by atoms with Crippen LogP contribution in [0, 0.1) is 6.92 Å². The third-order valence-corrected chi connectivity index (χ3v) is 4.65. The van der Waals surface area contributed by atoms with Crippen LogP contribution in [0.3, 0.4) is 0 Å². The summed E-state index contributed by atoms with van der Waals surface area (Å²) in [4.78, 5) is 40.1. The first-order valence-electron chi connectivity index (χ1n) is 8.81. The molecule has 1 atom stereocenters. The van der Waals surface area contributed by atoms with Crippen molar-refractivity contribution in [2.45, 2.75) is 19.9 Å². The second-order valence-electron chi connectivity index (χ2n) is 6.52. The molecule has 1 unspecified atom stereocenters. The molecule has 0 bridgehead atoms. The van der Waals surface area contributed by atoms with E-state index in [1.165, 1.54) is 0 Å². The fourth-order valence-electron chi connectivity index (χ4n) is 3.20. The zero-order valence-electron chi connectivity index (χ0n) is 15.1. The summed E-state index contributed by atoms with van der Waals surface area (Å²) in [6.45, 7) is 6.91. The summed E-state index contributed by atoms with van der Waals surface area (Å²) in [7, 11) is 0. The van der Waals surface area contributed by atoms with Crippen LogP contribution in [0.1, 0.15) is 22.8 Å². The number of morpholine rings is 1. The summed E-state index contributed by atoms with van der Waals surface area (Å²) in [5.74, 6) is -0.414. The highest BCUT2D eigenvalue weighted by Crippen LogP contribution is 2.23. The number of benzene rings is 1. The van der Waals surface area contributed by atoms with Gasteiger partial charge in [-0.05, 0) is 37.6 Å². The molecule has 2 N–H and O–H groups in total. The first-order valence-corrected chi connectivity index (χ1v) is 8.81. The number of aryl methyl sites for hydroxylation is 1. The molecule has 0 saturated carbocycles. The Hall–Kier alpha value is -2.61. The van der Waals surface area contributed by atoms with Crippen molar-refractivity contribution < 1.29 is 19.1 Å². The van der Waals surface area contributed by atoms with Crippen molar-refractivity contribution in [3.05, 3.63) is 29.3 Å². The molecule has 0 aromatic heterocycles. The number of hydrogen-bond acceptors (Lipinski definition) is 4. The smallest absolute Gasteiger partial charge is 0.322 e. The summed E-state index contributed by atoms with van der Waals surface area (Å²) in [5.41, 5.74) is 2.09. The fraction of sp³-hybridized carbons (Fsp3) is 0.500. The Morgan fingerprint density at radius 1 is 1.23 bits per heavy atom. The van der Waals surface area contributed by atoms with E-state index in [2.05, 4.69) is 10.6 Å². The number of carbonyl (C=O) groups excluding carboxylic acids is 3. The number of urea groups is 1. The van der Waals surface area contributed by atoms with Crippen LogP contribution in [0.25, 0.3) is 0 Å². The Morgan fingerprint density at radius 2 is 1.96 bits per heavy atom. The molecule has 2 aliphatic rings. The van der Waals surface area contributed by atoms with Gasteiger partial charge in [-0.3, -0.25) is 14.5 Å². The van der Waals surface area contributed by atoms with Crippen LogP contribution in [0.4, 0.5) is 10.5 Å². The van der Waals surface area contributed by atoms with Gasteiger partial charge in [-0.2, -0.15) is 0 Å². The lowest BCUT2D eigenvalue weighted by Crippen LogP contribution is -2.50. The molecular formula is C18H24N4O4. The summed E-state index contributed by atoms with van der Waals surface area (Å²) in [6.07, 6.45) is 0. The maximum absolute atomic E-state index is 12.5. The molecule has 4 amide bonds. The lowest BCUT2D eigenvalue weighted by molar-refractivity contribution is -0.136. The number of rotatable bonds is 4. The Labute approximate surface area is 152 Å². The molecule has 2 heterocycles. The zero-order chi connectivity index (χ0) is 18.7. The number of anilines is 1. The van der Waals surface area contributed by atoms with Crippen molar-refractivity contribution >= 4 is 23.5 Å². The number of hydrogen-bond donors (Lipinski definition) is 2. The summed E-state index contributed by atoms with van der Waals surface area (Å²) < 4.78 is 5.24. The van der Waals surface area contributed by atoms with E-state index in [4.69, 9.17) is 4.74 Å². The van der Waals surface area contributed by atoms with E-state index in [1.54, 1.807) is 34.9 Å². The summed E-state index contributed by atoms with van der Waals surface area (Å²) in [6, 6.07) is 4.45. The third kappa shape index (κ3) is 3.80. The van der Waals surface area contributed by atoms with Crippen LogP contribution in [0.5, 0.6) is 0 Å². The van der Waals surface area contributed by atoms with Gasteiger partial charge in [-0.1, -0.05) is 0 Å². The van der Waals surface area contributed by atoms with Crippen molar-refractivity contribution in [2.75, 3.05) is 44.3 Å². The molecule has 2 saturated heterocycles. The van der Waals surface area contributed by atoms with E-state index >= 15 is 0 Å². The molecule has 1 aromatic rings. The van der Waals surface area contributed by atoms with Crippen molar-refractivity contribution in [2.24, 2.45) is 0 Å². The Morgan fingerprint density at radius 3 is 2.58 bits per heavy atom. The van der Waals surface area contributed by atoms with Gasteiger partial charge >= 0.3 is 6.03 Å². The Kier molecular flexibility index (Phi) is 5.41. The van der Waals surface area contributed by atoms with Gasteiger partial charge in [0.25, 0.3) is 5.91 Å². The highest BCUT2D eigenvalue weighted by atomic mass is 16.5. The lowest BCUT2D eigenvalue weighted by atomic mass is 10.1. The highest BCUT2D eigenvalue weighted by Gasteiger charge is 2.25. The van der Waals surface area contributed by atoms with Crippen molar-refractivity contribution in [1.82, 2.24) is 15.5 Å². The van der Waals surface area contributed by atoms with E-state index in [-0.39, 0.29) is 17.8 Å². The standard InChI is InChI=1S/C18H24N4O4/c1-12-11-14(3-4-15(12)22-6-5-19-18(22)25)16(23)20-13(2)17(24)21-7-9-26-10-8-21/h3-4,11,13H,5-10H2,1-2H3,(H,19,25)(H,20,23). The molecule has 1 aromatic carbocycles. The number of nitrogens with one attached hydrogen (secondary N) is 2. The first kappa shape index (κ1) is 18.2. The Bertz CT molecular complexity index is 715. The van der Waals surface area contributed by atoms with Gasteiger partial charge in [-0.25, -0.2) is 4.79 Å². The maximum atomic E-state index is 12.5. The molecule has 8 heteroatoms.